The topological polar surface area (TPSA) is 20.3 Å². The molecule has 0 aromatic carbocycles. The Kier molecular flexibility index (Phi) is 5.94. The van der Waals surface area contributed by atoms with Crippen molar-refractivity contribution < 1.29 is 9.18 Å². The van der Waals surface area contributed by atoms with E-state index < -0.39 is 5.83 Å². The van der Waals surface area contributed by atoms with Crippen LogP contribution < -0.4 is 0 Å². The molecular weight excluding hydrogens is 217 g/mol. The monoisotopic (exact) mass is 231 g/mol. The minimum atomic E-state index is -0.547. The van der Waals surface area contributed by atoms with Gasteiger partial charge < -0.3 is 4.90 Å². The van der Waals surface area contributed by atoms with Crippen LogP contribution in [0.5, 0.6) is 0 Å². The third kappa shape index (κ3) is 4.30. The lowest BCUT2D eigenvalue weighted by atomic mass is 10.2. The molecule has 2 nitrogen and oxygen atoms in total. The van der Waals surface area contributed by atoms with Crippen LogP contribution in [0.2, 0.25) is 0 Å². The number of hydrogen-bond acceptors (Lipinski definition) is 1. The maximum Gasteiger partial charge on any atom is 0.219 e. The summed E-state index contributed by atoms with van der Waals surface area (Å²) in [6.45, 7) is 10.6. The van der Waals surface area contributed by atoms with Gasteiger partial charge in [0.1, 0.15) is 5.83 Å². The molecule has 0 aromatic heterocycles. The molecule has 0 bridgehead atoms. The lowest BCUT2D eigenvalue weighted by molar-refractivity contribution is -0.128. The fraction of sp³-hybridized carbons (Fsp3) is 0.364. The minimum absolute atomic E-state index is 0.0899. The highest BCUT2D eigenvalue weighted by molar-refractivity contribution is 6.31. The molecule has 0 rings (SSSR count). The average Bonchev–Trinajstić information content (AvgIpc) is 2.17. The second-order valence-corrected chi connectivity index (χ2v) is 3.42. The Labute approximate surface area is 94.7 Å². The number of hydrogen-bond donors (Lipinski definition) is 0. The molecule has 0 atom stereocenters. The number of allylic oxidation sites excluding steroid dienone is 2. The van der Waals surface area contributed by atoms with Crippen LogP contribution in [0.4, 0.5) is 4.39 Å². The van der Waals surface area contributed by atoms with E-state index in [0.717, 1.165) is 6.08 Å². The number of carbonyl (C=O) groups is 1. The zero-order chi connectivity index (χ0) is 12.0. The third-order valence-electron chi connectivity index (χ3n) is 1.97. The van der Waals surface area contributed by atoms with Crippen LogP contribution in [-0.2, 0) is 4.79 Å². The van der Waals surface area contributed by atoms with E-state index in [4.69, 9.17) is 11.6 Å². The van der Waals surface area contributed by atoms with Crippen molar-refractivity contribution >= 4 is 17.5 Å². The van der Waals surface area contributed by atoms with E-state index in [0.29, 0.717) is 6.54 Å². The molecule has 0 fully saturated rings. The number of likely N-dealkylation sites (N-methyl/N-ethyl adjacent to an activating group) is 1. The maximum absolute atomic E-state index is 13.3. The molecule has 15 heavy (non-hydrogen) atoms. The van der Waals surface area contributed by atoms with Crippen molar-refractivity contribution in [1.29, 1.82) is 0 Å². The van der Waals surface area contributed by atoms with E-state index >= 15 is 0 Å². The molecule has 0 saturated carbocycles. The van der Waals surface area contributed by atoms with Gasteiger partial charge in [-0.05, 0) is 13.0 Å². The second kappa shape index (κ2) is 6.40. The Balaban J connectivity index is 4.92. The van der Waals surface area contributed by atoms with Crippen LogP contribution >= 0.6 is 11.6 Å². The molecule has 0 aliphatic carbocycles. The predicted molar refractivity (Wildman–Crippen MR) is 61.3 cm³/mol. The SMILES string of the molecule is C=C/C(F)=C(/CN(CC)C(C)=O)C(=C)Cl. The van der Waals surface area contributed by atoms with Crippen molar-refractivity contribution in [2.24, 2.45) is 0 Å². The van der Waals surface area contributed by atoms with E-state index in [9.17, 15) is 9.18 Å². The largest absolute Gasteiger partial charge is 0.339 e. The van der Waals surface area contributed by atoms with Gasteiger partial charge in [-0.3, -0.25) is 4.79 Å². The molecule has 0 N–H and O–H groups in total. The fourth-order valence-corrected chi connectivity index (χ4v) is 1.20. The second-order valence-electron chi connectivity index (χ2n) is 2.97. The summed E-state index contributed by atoms with van der Waals surface area (Å²) >= 11 is 5.65. The summed E-state index contributed by atoms with van der Waals surface area (Å²) < 4.78 is 13.3. The lowest BCUT2D eigenvalue weighted by Crippen LogP contribution is -2.30. The Bertz CT molecular complexity index is 310. The number of carbonyl (C=O) groups excluding carboxylic acids is 1. The third-order valence-corrected chi connectivity index (χ3v) is 2.20. The van der Waals surface area contributed by atoms with Crippen LogP contribution in [0.1, 0.15) is 13.8 Å². The average molecular weight is 232 g/mol. The van der Waals surface area contributed by atoms with Gasteiger partial charge in [0.15, 0.2) is 0 Å². The molecule has 0 aromatic rings. The number of nitrogens with zero attached hydrogens (tertiary/aromatic N) is 1. The van der Waals surface area contributed by atoms with Crippen molar-refractivity contribution in [3.8, 4) is 0 Å². The fourth-order valence-electron chi connectivity index (χ4n) is 1.05. The molecule has 4 heteroatoms. The van der Waals surface area contributed by atoms with E-state index in [1.54, 1.807) is 0 Å². The van der Waals surface area contributed by atoms with Crippen molar-refractivity contribution in [3.63, 3.8) is 0 Å². The first-order valence-electron chi connectivity index (χ1n) is 4.55. The summed E-state index contributed by atoms with van der Waals surface area (Å²) in [5.74, 6) is -0.681. The molecule has 1 amide bonds. The first-order valence-corrected chi connectivity index (χ1v) is 4.93. The van der Waals surface area contributed by atoms with E-state index in [2.05, 4.69) is 13.2 Å². The Morgan fingerprint density at radius 1 is 1.60 bits per heavy atom. The van der Waals surface area contributed by atoms with Gasteiger partial charge in [0.25, 0.3) is 0 Å². The number of halogens is 2. The zero-order valence-corrected chi connectivity index (χ0v) is 9.77. The lowest BCUT2D eigenvalue weighted by Gasteiger charge is -2.20. The molecule has 0 heterocycles. The zero-order valence-electron chi connectivity index (χ0n) is 9.02. The van der Waals surface area contributed by atoms with Gasteiger partial charge in [0.2, 0.25) is 5.91 Å². The van der Waals surface area contributed by atoms with E-state index in [1.807, 2.05) is 6.92 Å². The van der Waals surface area contributed by atoms with Gasteiger partial charge in [-0.2, -0.15) is 0 Å². The summed E-state index contributed by atoms with van der Waals surface area (Å²) in [5.41, 5.74) is 0.198. The number of rotatable bonds is 5. The summed E-state index contributed by atoms with van der Waals surface area (Å²) in [6.07, 6.45) is 1.05. The van der Waals surface area contributed by atoms with Gasteiger partial charge in [0.05, 0.1) is 0 Å². The predicted octanol–water partition coefficient (Wildman–Crippen LogP) is 3.02. The first-order chi connectivity index (χ1) is 6.93. The molecule has 0 spiro atoms. The van der Waals surface area contributed by atoms with E-state index in [-0.39, 0.29) is 23.1 Å². The summed E-state index contributed by atoms with van der Waals surface area (Å²) in [6, 6.07) is 0. The van der Waals surface area contributed by atoms with Crippen LogP contribution in [-0.4, -0.2) is 23.9 Å². The first kappa shape index (κ1) is 13.9. The normalized spacial score (nSPS) is 11.7. The van der Waals surface area contributed by atoms with Crippen LogP contribution in [0.3, 0.4) is 0 Å². The van der Waals surface area contributed by atoms with Crippen LogP contribution in [0.15, 0.2) is 35.7 Å². The minimum Gasteiger partial charge on any atom is -0.339 e. The van der Waals surface area contributed by atoms with Gasteiger partial charge in [-0.15, -0.1) is 0 Å². The molecule has 84 valence electrons. The highest BCUT2D eigenvalue weighted by Crippen LogP contribution is 2.20. The quantitative estimate of drug-likeness (QED) is 0.666. The van der Waals surface area contributed by atoms with Crippen LogP contribution in [0.25, 0.3) is 0 Å². The Morgan fingerprint density at radius 3 is 2.40 bits per heavy atom. The summed E-state index contributed by atoms with van der Waals surface area (Å²) in [5, 5.41) is 0.0899. The smallest absolute Gasteiger partial charge is 0.219 e. The molecule has 0 aliphatic heterocycles. The van der Waals surface area contributed by atoms with Crippen LogP contribution in [0, 0.1) is 0 Å². The van der Waals surface area contributed by atoms with Crippen molar-refractivity contribution in [1.82, 2.24) is 4.90 Å². The Morgan fingerprint density at radius 2 is 2.13 bits per heavy atom. The molecule has 0 unspecified atom stereocenters. The van der Waals surface area contributed by atoms with E-state index in [1.165, 1.54) is 11.8 Å². The van der Waals surface area contributed by atoms with Gasteiger partial charge in [-0.1, -0.05) is 24.8 Å². The molecule has 0 radical (unpaired) electrons. The summed E-state index contributed by atoms with van der Waals surface area (Å²) in [4.78, 5) is 12.6. The number of amides is 1. The maximum atomic E-state index is 13.3. The van der Waals surface area contributed by atoms with Crippen molar-refractivity contribution in [2.45, 2.75) is 13.8 Å². The summed E-state index contributed by atoms with van der Waals surface area (Å²) in [7, 11) is 0. The van der Waals surface area contributed by atoms with Gasteiger partial charge in [-0.25, -0.2) is 4.39 Å². The highest BCUT2D eigenvalue weighted by atomic mass is 35.5. The molecule has 0 aliphatic rings. The van der Waals surface area contributed by atoms with Crippen molar-refractivity contribution in [3.05, 3.63) is 35.7 Å². The van der Waals surface area contributed by atoms with Crippen molar-refractivity contribution in [2.75, 3.05) is 13.1 Å². The molecular formula is C11H15ClFNO. The van der Waals surface area contributed by atoms with Gasteiger partial charge >= 0.3 is 0 Å². The standard InChI is InChI=1S/C11H15ClFNO/c1-5-11(13)10(8(3)12)7-14(6-2)9(4)15/h5H,1,3,6-7H2,2,4H3/b11-10+. The van der Waals surface area contributed by atoms with Gasteiger partial charge in [0, 0.05) is 30.6 Å². The highest BCUT2D eigenvalue weighted by Gasteiger charge is 2.13. The Hall–Kier alpha value is -1.09. The molecule has 0 saturated heterocycles.